The van der Waals surface area contributed by atoms with Crippen LogP contribution in [0.2, 0.25) is 0 Å². The van der Waals surface area contributed by atoms with Crippen LogP contribution in [0.1, 0.15) is 49.9 Å². The van der Waals surface area contributed by atoms with Crippen LogP contribution in [0.4, 0.5) is 10.2 Å². The molecule has 4 atom stereocenters. The summed E-state index contributed by atoms with van der Waals surface area (Å²) in [6.07, 6.45) is 7.76. The Bertz CT molecular complexity index is 1220. The third-order valence-electron chi connectivity index (χ3n) is 9.09. The van der Waals surface area contributed by atoms with E-state index in [1.165, 1.54) is 24.5 Å². The highest BCUT2D eigenvalue weighted by Gasteiger charge is 2.46. The van der Waals surface area contributed by atoms with E-state index in [2.05, 4.69) is 19.8 Å². The van der Waals surface area contributed by atoms with Gasteiger partial charge in [0.2, 0.25) is 0 Å². The van der Waals surface area contributed by atoms with Crippen molar-refractivity contribution in [2.75, 3.05) is 57.4 Å². The van der Waals surface area contributed by atoms with Gasteiger partial charge in [0.25, 0.3) is 5.91 Å². The van der Waals surface area contributed by atoms with E-state index in [4.69, 9.17) is 19.9 Å². The summed E-state index contributed by atoms with van der Waals surface area (Å²) < 4.78 is 32.2. The number of anilines is 1. The summed E-state index contributed by atoms with van der Waals surface area (Å²) in [6, 6.07) is 3.98. The van der Waals surface area contributed by atoms with Gasteiger partial charge in [-0.05, 0) is 70.8 Å². The number of morpholine rings is 1. The Morgan fingerprint density at radius 3 is 2.55 bits per heavy atom. The lowest BCUT2D eigenvalue weighted by Crippen LogP contribution is -2.61. The first-order valence-electron chi connectivity index (χ1n) is 14.8. The molecule has 0 radical (unpaired) electrons. The molecule has 0 aliphatic carbocycles. The van der Waals surface area contributed by atoms with Gasteiger partial charge >= 0.3 is 0 Å². The minimum absolute atomic E-state index is 0. The number of benzene rings is 1. The Morgan fingerprint density at radius 2 is 1.86 bits per heavy atom. The fraction of sp³-hybridized carbons (Fsp3) is 0.633. The summed E-state index contributed by atoms with van der Waals surface area (Å²) in [4.78, 5) is 28.8. The van der Waals surface area contributed by atoms with Gasteiger partial charge in [0.1, 0.15) is 17.9 Å². The van der Waals surface area contributed by atoms with Gasteiger partial charge < -0.3 is 34.6 Å². The fourth-order valence-corrected chi connectivity index (χ4v) is 6.74. The van der Waals surface area contributed by atoms with E-state index in [0.29, 0.717) is 37.5 Å². The molecule has 10 nitrogen and oxygen atoms in total. The van der Waals surface area contributed by atoms with Crippen molar-refractivity contribution in [3.63, 3.8) is 0 Å². The molecule has 1 aromatic heterocycles. The number of likely N-dealkylation sites (tertiary alicyclic amines) is 1. The van der Waals surface area contributed by atoms with Crippen molar-refractivity contribution in [3.05, 3.63) is 42.1 Å². The molecular formula is C30H42ClFN6O4. The van der Waals surface area contributed by atoms with Crippen LogP contribution in [0.25, 0.3) is 0 Å². The number of hydrogen-bond acceptors (Lipinski definition) is 9. The van der Waals surface area contributed by atoms with E-state index >= 15 is 0 Å². The number of carbonyl (C=O) groups excluding carboxylic acids is 1. The Kier molecular flexibility index (Phi) is 9.53. The zero-order valence-electron chi connectivity index (χ0n) is 24.4. The quantitative estimate of drug-likeness (QED) is 0.530. The van der Waals surface area contributed by atoms with Gasteiger partial charge in [-0.3, -0.25) is 4.79 Å². The van der Waals surface area contributed by atoms with E-state index in [-0.39, 0.29) is 53.2 Å². The zero-order valence-corrected chi connectivity index (χ0v) is 25.2. The minimum atomic E-state index is -0.492. The first-order valence-corrected chi connectivity index (χ1v) is 14.8. The molecule has 0 saturated carbocycles. The van der Waals surface area contributed by atoms with Crippen molar-refractivity contribution in [2.45, 2.75) is 63.8 Å². The number of amides is 1. The summed E-state index contributed by atoms with van der Waals surface area (Å²) in [7, 11) is 0. The van der Waals surface area contributed by atoms with Crippen LogP contribution in [0.3, 0.4) is 0 Å². The van der Waals surface area contributed by atoms with Gasteiger partial charge in [0.15, 0.2) is 11.6 Å². The summed E-state index contributed by atoms with van der Waals surface area (Å²) >= 11 is 0. The second kappa shape index (κ2) is 13.0. The molecular weight excluding hydrogens is 563 g/mol. The summed E-state index contributed by atoms with van der Waals surface area (Å²) in [6.45, 7) is 10.3. The number of nitrogens with zero attached hydrogens (tertiary/aromatic N) is 5. The third-order valence-corrected chi connectivity index (χ3v) is 9.09. The zero-order chi connectivity index (χ0) is 28.6. The normalized spacial score (nSPS) is 27.7. The van der Waals surface area contributed by atoms with E-state index < -0.39 is 5.82 Å². The van der Waals surface area contributed by atoms with Gasteiger partial charge in [0, 0.05) is 31.1 Å². The molecule has 5 heterocycles. The molecule has 4 aliphatic heterocycles. The summed E-state index contributed by atoms with van der Waals surface area (Å²) in [5, 5.41) is 0. The number of aromatic nitrogens is 2. The molecule has 0 bridgehead atoms. The smallest absolute Gasteiger partial charge is 0.258 e. The summed E-state index contributed by atoms with van der Waals surface area (Å²) in [5.74, 6) is 0.658. The Hall–Kier alpha value is -2.57. The second-order valence-electron chi connectivity index (χ2n) is 12.4. The topological polar surface area (TPSA) is 106 Å². The number of rotatable bonds is 6. The average Bonchev–Trinajstić information content (AvgIpc) is 2.95. The van der Waals surface area contributed by atoms with Crippen LogP contribution in [0.5, 0.6) is 11.5 Å². The number of halogens is 2. The Labute approximate surface area is 253 Å². The molecule has 0 unspecified atom stereocenters. The highest BCUT2D eigenvalue weighted by molar-refractivity contribution is 5.97. The Balaban J connectivity index is 0.00000353. The van der Waals surface area contributed by atoms with Gasteiger partial charge in [-0.2, -0.15) is 0 Å². The first-order chi connectivity index (χ1) is 19.8. The van der Waals surface area contributed by atoms with E-state index in [1.54, 1.807) is 11.1 Å². The average molecular weight is 605 g/mol. The maximum Gasteiger partial charge on any atom is 0.258 e. The number of ether oxygens (including phenoxy) is 3. The highest BCUT2D eigenvalue weighted by atomic mass is 35.5. The van der Waals surface area contributed by atoms with Crippen molar-refractivity contribution in [2.24, 2.45) is 11.1 Å². The van der Waals surface area contributed by atoms with E-state index in [1.807, 2.05) is 13.8 Å². The highest BCUT2D eigenvalue weighted by Crippen LogP contribution is 2.45. The molecule has 1 amide bonds. The Morgan fingerprint density at radius 1 is 1.12 bits per heavy atom. The molecule has 230 valence electrons. The van der Waals surface area contributed by atoms with Crippen molar-refractivity contribution < 1.29 is 23.4 Å². The third kappa shape index (κ3) is 6.50. The van der Waals surface area contributed by atoms with Crippen molar-refractivity contribution in [1.82, 2.24) is 19.8 Å². The molecule has 1 aromatic carbocycles. The van der Waals surface area contributed by atoms with Crippen molar-refractivity contribution >= 4 is 24.1 Å². The fourth-order valence-electron chi connectivity index (χ4n) is 6.74. The molecule has 6 rings (SSSR count). The first kappa shape index (κ1) is 30.9. The van der Waals surface area contributed by atoms with Crippen LogP contribution in [0, 0.1) is 11.2 Å². The van der Waals surface area contributed by atoms with Crippen molar-refractivity contribution in [1.29, 1.82) is 0 Å². The lowest BCUT2D eigenvalue weighted by Gasteiger charge is -2.54. The number of nitrogens with two attached hydrogens (primary N) is 1. The maximum absolute atomic E-state index is 14.4. The molecule has 2 aromatic rings. The molecule has 42 heavy (non-hydrogen) atoms. The number of carbonyl (C=O) groups is 1. The largest absolute Gasteiger partial charge is 0.451 e. The summed E-state index contributed by atoms with van der Waals surface area (Å²) in [5.41, 5.74) is 6.41. The van der Waals surface area contributed by atoms with E-state index in [0.717, 1.165) is 58.4 Å². The monoisotopic (exact) mass is 604 g/mol. The minimum Gasteiger partial charge on any atom is -0.451 e. The van der Waals surface area contributed by atoms with Gasteiger partial charge in [-0.1, -0.05) is 0 Å². The van der Waals surface area contributed by atoms with Gasteiger partial charge in [0.05, 0.1) is 49.8 Å². The van der Waals surface area contributed by atoms with Gasteiger partial charge in [-0.15, -0.1) is 12.4 Å². The number of piperidine rings is 1. The maximum atomic E-state index is 14.4. The van der Waals surface area contributed by atoms with Crippen molar-refractivity contribution in [3.8, 4) is 11.5 Å². The molecule has 4 aliphatic rings. The lowest BCUT2D eigenvalue weighted by molar-refractivity contribution is -0.0277. The lowest BCUT2D eigenvalue weighted by atomic mass is 9.72. The van der Waals surface area contributed by atoms with Gasteiger partial charge in [-0.25, -0.2) is 14.4 Å². The second-order valence-corrected chi connectivity index (χ2v) is 12.4. The van der Waals surface area contributed by atoms with Crippen LogP contribution < -0.4 is 15.4 Å². The number of hydrogen-bond donors (Lipinski definition) is 1. The molecule has 4 fully saturated rings. The van der Waals surface area contributed by atoms with Crippen LogP contribution in [0.15, 0.2) is 30.7 Å². The van der Waals surface area contributed by atoms with Crippen LogP contribution in [-0.4, -0.2) is 102 Å². The standard InChI is InChI=1S/C30H41FN6O4.ClH/c1-20-14-39-15-21(2)37(20)29(38)25-11-22(31)3-6-26(25)41-27-12-33-19-34-28(27)36-17-30(18-36)7-9-35(10-8-30)13-24-5-4-23(32)16-40-24;/h3,6,11-12,19-21,23-24H,4-5,7-10,13-18,32H2,1-2H3;1H/t20-,21+,23-,24+;/m1./s1. The SMILES string of the molecule is C[C@@H]1COC[C@H](C)N1C(=O)c1cc(F)ccc1Oc1cncnc1N1CC2(CCN(C[C@@H]3CC[C@@H](N)CO3)CC2)C1.Cl. The van der Waals surface area contributed by atoms with Crippen LogP contribution >= 0.6 is 12.4 Å². The predicted molar refractivity (Wildman–Crippen MR) is 159 cm³/mol. The molecule has 1 spiro atoms. The molecule has 12 heteroatoms. The predicted octanol–water partition coefficient (Wildman–Crippen LogP) is 3.49. The molecule has 2 N–H and O–H groups in total. The van der Waals surface area contributed by atoms with E-state index in [9.17, 15) is 9.18 Å². The van der Waals surface area contributed by atoms with Crippen LogP contribution in [-0.2, 0) is 9.47 Å². The molecule has 4 saturated heterocycles.